The summed E-state index contributed by atoms with van der Waals surface area (Å²) in [6.07, 6.45) is 8.22. The maximum Gasteiger partial charge on any atom is 0.256 e. The Hall–Kier alpha value is -2.25. The molecule has 142 valence electrons. The average molecular weight is 384 g/mol. The van der Waals surface area contributed by atoms with Gasteiger partial charge in [0.25, 0.3) is 5.91 Å². The van der Waals surface area contributed by atoms with Crippen LogP contribution in [0.3, 0.4) is 0 Å². The number of rotatable bonds is 6. The number of carbonyl (C=O) groups is 1. The first-order valence-electron chi connectivity index (χ1n) is 9.63. The lowest BCUT2D eigenvalue weighted by atomic mass is 10.0. The molecular weight excluding hydrogens is 358 g/mol. The van der Waals surface area contributed by atoms with E-state index in [2.05, 4.69) is 27.2 Å². The molecule has 1 N–H and O–H groups in total. The molecular formula is C20H25N5OS. The number of fused-ring (bicyclic) bond motifs is 1. The summed E-state index contributed by atoms with van der Waals surface area (Å²) in [7, 11) is 0. The van der Waals surface area contributed by atoms with Crippen molar-refractivity contribution in [1.82, 2.24) is 24.8 Å². The lowest BCUT2D eigenvalue weighted by Gasteiger charge is -2.33. The lowest BCUT2D eigenvalue weighted by Crippen LogP contribution is -2.39. The van der Waals surface area contributed by atoms with E-state index < -0.39 is 0 Å². The monoisotopic (exact) mass is 383 g/mol. The molecule has 0 radical (unpaired) electrons. The van der Waals surface area contributed by atoms with E-state index in [1.165, 1.54) is 25.8 Å². The third-order valence-corrected chi connectivity index (χ3v) is 6.16. The number of aromatic nitrogens is 3. The normalized spacial score (nSPS) is 18.0. The van der Waals surface area contributed by atoms with Gasteiger partial charge in [0.2, 0.25) is 0 Å². The molecule has 6 nitrogen and oxygen atoms in total. The number of nitrogens with zero attached hydrogens (tertiary/aromatic N) is 4. The summed E-state index contributed by atoms with van der Waals surface area (Å²) < 4.78 is 1.75. The zero-order valence-corrected chi connectivity index (χ0v) is 16.4. The van der Waals surface area contributed by atoms with Crippen molar-refractivity contribution in [3.05, 3.63) is 41.5 Å². The van der Waals surface area contributed by atoms with Crippen molar-refractivity contribution in [3.63, 3.8) is 0 Å². The van der Waals surface area contributed by atoms with Crippen LogP contribution < -0.4 is 5.32 Å². The second-order valence-electron chi connectivity index (χ2n) is 7.09. The van der Waals surface area contributed by atoms with E-state index in [0.717, 1.165) is 23.5 Å². The first-order valence-corrected chi connectivity index (χ1v) is 10.5. The maximum atomic E-state index is 12.6. The van der Waals surface area contributed by atoms with Crippen molar-refractivity contribution < 1.29 is 4.79 Å². The van der Waals surface area contributed by atoms with Crippen LogP contribution in [0.5, 0.6) is 0 Å². The molecule has 0 bridgehead atoms. The van der Waals surface area contributed by atoms with Crippen LogP contribution in [-0.2, 0) is 0 Å². The van der Waals surface area contributed by atoms with Gasteiger partial charge in [0.1, 0.15) is 5.56 Å². The molecule has 7 heteroatoms. The van der Waals surface area contributed by atoms with Gasteiger partial charge in [-0.2, -0.15) is 5.10 Å². The van der Waals surface area contributed by atoms with E-state index in [-0.39, 0.29) is 5.91 Å². The molecule has 1 amide bonds. The van der Waals surface area contributed by atoms with Crippen molar-refractivity contribution in [1.29, 1.82) is 0 Å². The SMILES string of the molecule is CC1CCCCN1CCCNC(=O)c1cnn2c(-c3cccs3)ccnc12. The number of likely N-dealkylation sites (tertiary alicyclic amines) is 1. The Labute approximate surface area is 163 Å². The van der Waals surface area contributed by atoms with Crippen LogP contribution in [0.2, 0.25) is 0 Å². The Morgan fingerprint density at radius 1 is 1.37 bits per heavy atom. The first kappa shape index (κ1) is 18.1. The average Bonchev–Trinajstić information content (AvgIpc) is 3.36. The summed E-state index contributed by atoms with van der Waals surface area (Å²) in [4.78, 5) is 20.6. The predicted octanol–water partition coefficient (Wildman–Crippen LogP) is 3.45. The molecule has 1 atom stereocenters. The summed E-state index contributed by atoms with van der Waals surface area (Å²) in [5.74, 6) is -0.104. The number of hydrogen-bond donors (Lipinski definition) is 1. The third kappa shape index (κ3) is 3.89. The van der Waals surface area contributed by atoms with Crippen molar-refractivity contribution in [2.45, 2.75) is 38.6 Å². The van der Waals surface area contributed by atoms with Gasteiger partial charge in [0, 0.05) is 25.3 Å². The van der Waals surface area contributed by atoms with E-state index in [9.17, 15) is 4.79 Å². The Kier molecular flexibility index (Phi) is 5.50. The van der Waals surface area contributed by atoms with Gasteiger partial charge in [0.15, 0.2) is 5.65 Å². The Balaban J connectivity index is 1.39. The maximum absolute atomic E-state index is 12.6. The molecule has 0 aliphatic carbocycles. The van der Waals surface area contributed by atoms with Crippen LogP contribution in [0.15, 0.2) is 36.0 Å². The second-order valence-corrected chi connectivity index (χ2v) is 8.04. The van der Waals surface area contributed by atoms with E-state index >= 15 is 0 Å². The van der Waals surface area contributed by atoms with Crippen LogP contribution in [0.1, 0.15) is 43.0 Å². The Morgan fingerprint density at radius 2 is 2.30 bits per heavy atom. The Morgan fingerprint density at radius 3 is 3.11 bits per heavy atom. The van der Waals surface area contributed by atoms with Gasteiger partial charge in [-0.05, 0) is 50.2 Å². The highest BCUT2D eigenvalue weighted by molar-refractivity contribution is 7.13. The number of thiophene rings is 1. The molecule has 4 rings (SSSR count). The quantitative estimate of drug-likeness (QED) is 0.662. The van der Waals surface area contributed by atoms with E-state index in [4.69, 9.17) is 0 Å². The molecule has 0 spiro atoms. The van der Waals surface area contributed by atoms with Gasteiger partial charge < -0.3 is 10.2 Å². The molecule has 1 saturated heterocycles. The summed E-state index contributed by atoms with van der Waals surface area (Å²) in [5, 5.41) is 9.46. The third-order valence-electron chi connectivity index (χ3n) is 5.27. The summed E-state index contributed by atoms with van der Waals surface area (Å²) >= 11 is 1.65. The fraction of sp³-hybridized carbons (Fsp3) is 0.450. The van der Waals surface area contributed by atoms with Gasteiger partial charge in [-0.3, -0.25) is 4.79 Å². The number of piperidine rings is 1. The summed E-state index contributed by atoms with van der Waals surface area (Å²) in [6.45, 7) is 5.19. The molecule has 3 aromatic rings. The summed E-state index contributed by atoms with van der Waals surface area (Å²) in [5.41, 5.74) is 2.08. The molecule has 0 aromatic carbocycles. The van der Waals surface area contributed by atoms with Crippen molar-refractivity contribution >= 4 is 22.9 Å². The number of hydrogen-bond acceptors (Lipinski definition) is 5. The minimum atomic E-state index is -0.104. The lowest BCUT2D eigenvalue weighted by molar-refractivity contribution is 0.0950. The van der Waals surface area contributed by atoms with Crippen LogP contribution in [0.25, 0.3) is 16.2 Å². The van der Waals surface area contributed by atoms with Gasteiger partial charge in [-0.15, -0.1) is 11.3 Å². The zero-order valence-electron chi connectivity index (χ0n) is 15.6. The van der Waals surface area contributed by atoms with Crippen molar-refractivity contribution in [3.8, 4) is 10.6 Å². The van der Waals surface area contributed by atoms with Crippen LogP contribution in [0.4, 0.5) is 0 Å². The fourth-order valence-corrected chi connectivity index (χ4v) is 4.47. The molecule has 4 heterocycles. The van der Waals surface area contributed by atoms with E-state index in [1.807, 2.05) is 23.6 Å². The van der Waals surface area contributed by atoms with Gasteiger partial charge >= 0.3 is 0 Å². The summed E-state index contributed by atoms with van der Waals surface area (Å²) in [6, 6.07) is 6.64. The van der Waals surface area contributed by atoms with Crippen molar-refractivity contribution in [2.24, 2.45) is 0 Å². The molecule has 1 unspecified atom stereocenters. The van der Waals surface area contributed by atoms with Crippen molar-refractivity contribution in [2.75, 3.05) is 19.6 Å². The Bertz CT molecular complexity index is 904. The zero-order chi connectivity index (χ0) is 18.6. The van der Waals surface area contributed by atoms with E-state index in [0.29, 0.717) is 23.8 Å². The fourth-order valence-electron chi connectivity index (χ4n) is 3.73. The van der Waals surface area contributed by atoms with Gasteiger partial charge in [-0.25, -0.2) is 9.50 Å². The topological polar surface area (TPSA) is 62.5 Å². The minimum absolute atomic E-state index is 0.104. The number of amides is 1. The van der Waals surface area contributed by atoms with Crippen LogP contribution >= 0.6 is 11.3 Å². The van der Waals surface area contributed by atoms with Gasteiger partial charge in [0.05, 0.1) is 16.8 Å². The highest BCUT2D eigenvalue weighted by Gasteiger charge is 2.18. The van der Waals surface area contributed by atoms with E-state index in [1.54, 1.807) is 28.2 Å². The molecule has 1 fully saturated rings. The first-order chi connectivity index (χ1) is 13.2. The molecule has 27 heavy (non-hydrogen) atoms. The predicted molar refractivity (Wildman–Crippen MR) is 108 cm³/mol. The minimum Gasteiger partial charge on any atom is -0.352 e. The second kappa shape index (κ2) is 8.19. The highest BCUT2D eigenvalue weighted by Crippen LogP contribution is 2.25. The molecule has 3 aromatic heterocycles. The molecule has 1 aliphatic heterocycles. The largest absolute Gasteiger partial charge is 0.352 e. The smallest absolute Gasteiger partial charge is 0.256 e. The standard InChI is InChI=1S/C20H25N5OS/c1-15-6-2-3-11-24(15)12-5-9-22-20(26)16-14-23-25-17(8-10-21-19(16)25)18-7-4-13-27-18/h4,7-8,10,13-15H,2-3,5-6,9,11-12H2,1H3,(H,22,26). The highest BCUT2D eigenvalue weighted by atomic mass is 32.1. The molecule has 0 saturated carbocycles. The number of carbonyl (C=O) groups excluding carboxylic acids is 1. The van der Waals surface area contributed by atoms with Crippen LogP contribution in [-0.4, -0.2) is 51.1 Å². The number of nitrogens with one attached hydrogen (secondary N) is 1. The molecule has 1 aliphatic rings. The van der Waals surface area contributed by atoms with Gasteiger partial charge in [-0.1, -0.05) is 12.5 Å². The van der Waals surface area contributed by atoms with Crippen LogP contribution in [0, 0.1) is 0 Å².